The van der Waals surface area contributed by atoms with E-state index in [1.807, 2.05) is 19.2 Å². The number of benzene rings is 2. The highest BCUT2D eigenvalue weighted by Gasteiger charge is 2.38. The molecule has 1 heterocycles. The lowest BCUT2D eigenvalue weighted by atomic mass is 9.69. The van der Waals surface area contributed by atoms with Crippen molar-refractivity contribution >= 4 is 15.9 Å². The molecule has 4 heteroatoms. The summed E-state index contributed by atoms with van der Waals surface area (Å²) < 4.78 is 20.4. The van der Waals surface area contributed by atoms with Crippen molar-refractivity contribution in [3.63, 3.8) is 0 Å². The molecule has 0 aromatic heterocycles. The molecule has 1 aliphatic heterocycles. The minimum Gasteiger partial charge on any atom is -0.375 e. The van der Waals surface area contributed by atoms with E-state index in [1.165, 1.54) is 11.1 Å². The molecule has 23 heavy (non-hydrogen) atoms. The van der Waals surface area contributed by atoms with Gasteiger partial charge in [0.1, 0.15) is 5.82 Å². The third-order valence-corrected chi connectivity index (χ3v) is 5.11. The molecule has 1 N–H and O–H groups in total. The fourth-order valence-electron chi connectivity index (χ4n) is 3.49. The predicted molar refractivity (Wildman–Crippen MR) is 94.1 cm³/mol. The number of hydrogen-bond acceptors (Lipinski definition) is 2. The van der Waals surface area contributed by atoms with Crippen LogP contribution in [0.5, 0.6) is 0 Å². The van der Waals surface area contributed by atoms with Crippen molar-refractivity contribution in [3.05, 3.63) is 69.4 Å². The minimum atomic E-state index is -0.209. The maximum Gasteiger partial charge on any atom is 0.123 e. The fraction of sp³-hybridized carbons (Fsp3) is 0.368. The molecule has 0 fully saturated rings. The van der Waals surface area contributed by atoms with Crippen LogP contribution in [0.3, 0.4) is 0 Å². The maximum atomic E-state index is 13.4. The summed E-state index contributed by atoms with van der Waals surface area (Å²) in [4.78, 5) is 0. The first-order valence-corrected chi connectivity index (χ1v) is 8.72. The molecular weight excluding hydrogens is 357 g/mol. The molecular formula is C19H21BrFNO. The largest absolute Gasteiger partial charge is 0.375 e. The molecule has 3 rings (SSSR count). The van der Waals surface area contributed by atoms with Crippen molar-refractivity contribution in [1.29, 1.82) is 0 Å². The first kappa shape index (κ1) is 16.6. The Balaban J connectivity index is 2.08. The van der Waals surface area contributed by atoms with Gasteiger partial charge < -0.3 is 10.1 Å². The summed E-state index contributed by atoms with van der Waals surface area (Å²) in [6, 6.07) is 13.3. The zero-order chi connectivity index (χ0) is 16.3. The van der Waals surface area contributed by atoms with Crippen molar-refractivity contribution in [2.45, 2.75) is 24.9 Å². The molecule has 1 aliphatic rings. The second-order valence-electron chi connectivity index (χ2n) is 6.09. The molecule has 2 aromatic carbocycles. The van der Waals surface area contributed by atoms with Gasteiger partial charge in [-0.05, 0) is 67.4 Å². The summed E-state index contributed by atoms with van der Waals surface area (Å²) in [6.45, 7) is 2.22. The van der Waals surface area contributed by atoms with E-state index in [1.54, 1.807) is 12.1 Å². The molecule has 0 radical (unpaired) electrons. The van der Waals surface area contributed by atoms with Gasteiger partial charge in [0.25, 0.3) is 0 Å². The average molecular weight is 378 g/mol. The van der Waals surface area contributed by atoms with E-state index in [0.717, 1.165) is 29.4 Å². The fourth-order valence-corrected chi connectivity index (χ4v) is 3.90. The summed E-state index contributed by atoms with van der Waals surface area (Å²) in [5, 5.41) is 3.21. The number of rotatable bonds is 5. The Hall–Kier alpha value is -1.23. The maximum absolute atomic E-state index is 13.4. The van der Waals surface area contributed by atoms with Crippen molar-refractivity contribution in [1.82, 2.24) is 5.32 Å². The Morgan fingerprint density at radius 3 is 2.74 bits per heavy atom. The first-order chi connectivity index (χ1) is 11.2. The van der Waals surface area contributed by atoms with Gasteiger partial charge in [0.2, 0.25) is 0 Å². The van der Waals surface area contributed by atoms with E-state index in [4.69, 9.17) is 4.74 Å². The lowest BCUT2D eigenvalue weighted by molar-refractivity contribution is 0.0613. The molecule has 0 saturated heterocycles. The Kier molecular flexibility index (Phi) is 5.14. The van der Waals surface area contributed by atoms with E-state index < -0.39 is 0 Å². The van der Waals surface area contributed by atoms with Crippen LogP contribution >= 0.6 is 15.9 Å². The van der Waals surface area contributed by atoms with Gasteiger partial charge in [-0.25, -0.2) is 4.39 Å². The smallest absolute Gasteiger partial charge is 0.123 e. The molecule has 1 unspecified atom stereocenters. The van der Waals surface area contributed by atoms with Crippen molar-refractivity contribution < 1.29 is 9.13 Å². The summed E-state index contributed by atoms with van der Waals surface area (Å²) in [5.41, 5.74) is 3.42. The highest BCUT2D eigenvalue weighted by atomic mass is 79.9. The molecule has 1 atom stereocenters. The predicted octanol–water partition coefficient (Wildman–Crippen LogP) is 4.40. The quantitative estimate of drug-likeness (QED) is 0.779. The second kappa shape index (κ2) is 7.12. The van der Waals surface area contributed by atoms with Crippen LogP contribution in [0, 0.1) is 5.82 Å². The molecule has 0 aliphatic carbocycles. The third-order valence-electron chi connectivity index (χ3n) is 4.62. The van der Waals surface area contributed by atoms with Crippen LogP contribution in [0.1, 0.15) is 29.5 Å². The van der Waals surface area contributed by atoms with Gasteiger partial charge in [-0.3, -0.25) is 0 Å². The SMILES string of the molecule is CNCCCC1(c2ccc(F)cc2)COCc2cc(Br)ccc21. The number of hydrogen-bond donors (Lipinski definition) is 1. The van der Waals surface area contributed by atoms with Crippen molar-refractivity contribution in [3.8, 4) is 0 Å². The number of fused-ring (bicyclic) bond motifs is 1. The highest BCUT2D eigenvalue weighted by molar-refractivity contribution is 9.10. The number of nitrogens with one attached hydrogen (secondary N) is 1. The van der Waals surface area contributed by atoms with Crippen LogP contribution in [0.4, 0.5) is 4.39 Å². The van der Waals surface area contributed by atoms with E-state index in [9.17, 15) is 4.39 Å². The van der Waals surface area contributed by atoms with E-state index >= 15 is 0 Å². The molecule has 0 spiro atoms. The molecule has 0 saturated carbocycles. The normalized spacial score (nSPS) is 20.3. The van der Waals surface area contributed by atoms with Gasteiger partial charge in [-0.2, -0.15) is 0 Å². The van der Waals surface area contributed by atoms with Crippen LogP contribution in [-0.2, 0) is 16.8 Å². The molecule has 2 nitrogen and oxygen atoms in total. The molecule has 2 aromatic rings. The van der Waals surface area contributed by atoms with Gasteiger partial charge in [0, 0.05) is 9.89 Å². The summed E-state index contributed by atoms with van der Waals surface area (Å²) in [5.74, 6) is -0.202. The molecule has 122 valence electrons. The van der Waals surface area contributed by atoms with Crippen molar-refractivity contribution in [2.75, 3.05) is 20.2 Å². The summed E-state index contributed by atoms with van der Waals surface area (Å²) in [7, 11) is 1.97. The monoisotopic (exact) mass is 377 g/mol. The Bertz CT molecular complexity index is 674. The summed E-state index contributed by atoms with van der Waals surface area (Å²) in [6.07, 6.45) is 2.00. The second-order valence-corrected chi connectivity index (χ2v) is 7.01. The average Bonchev–Trinajstić information content (AvgIpc) is 2.55. The van der Waals surface area contributed by atoms with Gasteiger partial charge >= 0.3 is 0 Å². The number of ether oxygens (including phenoxy) is 1. The number of halogens is 2. The van der Waals surface area contributed by atoms with Gasteiger partial charge in [-0.1, -0.05) is 34.1 Å². The topological polar surface area (TPSA) is 21.3 Å². The van der Waals surface area contributed by atoms with Crippen LogP contribution in [-0.4, -0.2) is 20.2 Å². The first-order valence-electron chi connectivity index (χ1n) is 7.93. The van der Waals surface area contributed by atoms with E-state index in [2.05, 4.69) is 39.4 Å². The Labute approximate surface area is 145 Å². The van der Waals surface area contributed by atoms with Crippen LogP contribution < -0.4 is 5.32 Å². The third kappa shape index (κ3) is 3.35. The molecule has 0 bridgehead atoms. The van der Waals surface area contributed by atoms with Gasteiger partial charge in [0.05, 0.1) is 13.2 Å². The zero-order valence-electron chi connectivity index (χ0n) is 13.2. The zero-order valence-corrected chi connectivity index (χ0v) is 14.8. The van der Waals surface area contributed by atoms with Gasteiger partial charge in [-0.15, -0.1) is 0 Å². The van der Waals surface area contributed by atoms with Gasteiger partial charge in [0.15, 0.2) is 0 Å². The standard InChI is InChI=1S/C19H21BrFNO/c1-22-10-2-9-19(15-3-6-17(21)7-4-15)13-23-12-14-11-16(20)5-8-18(14)19/h3-8,11,22H,2,9-10,12-13H2,1H3. The summed E-state index contributed by atoms with van der Waals surface area (Å²) >= 11 is 3.54. The molecule has 0 amide bonds. The Morgan fingerprint density at radius 1 is 1.22 bits per heavy atom. The highest BCUT2D eigenvalue weighted by Crippen LogP contribution is 2.42. The lowest BCUT2D eigenvalue weighted by Gasteiger charge is -2.40. The minimum absolute atomic E-state index is 0.202. The van der Waals surface area contributed by atoms with Crippen LogP contribution in [0.25, 0.3) is 0 Å². The Morgan fingerprint density at radius 2 is 2.00 bits per heavy atom. The van der Waals surface area contributed by atoms with Crippen LogP contribution in [0.15, 0.2) is 46.9 Å². The van der Waals surface area contributed by atoms with E-state index in [-0.39, 0.29) is 11.2 Å². The van der Waals surface area contributed by atoms with Crippen molar-refractivity contribution in [2.24, 2.45) is 0 Å². The van der Waals surface area contributed by atoms with E-state index in [0.29, 0.717) is 13.2 Å². The lowest BCUT2D eigenvalue weighted by Crippen LogP contribution is -2.38. The van der Waals surface area contributed by atoms with Crippen LogP contribution in [0.2, 0.25) is 0 Å².